The molecule has 2 rings (SSSR count). The molecule has 0 spiro atoms. The van der Waals surface area contributed by atoms with Crippen LogP contribution in [0.2, 0.25) is 5.02 Å². The van der Waals surface area contributed by atoms with Crippen molar-refractivity contribution in [1.29, 1.82) is 0 Å². The number of nitrogens with one attached hydrogen (secondary N) is 2. The first kappa shape index (κ1) is 18.4. The molecule has 1 aromatic heterocycles. The zero-order valence-electron chi connectivity index (χ0n) is 12.6. The van der Waals surface area contributed by atoms with E-state index in [4.69, 9.17) is 11.6 Å². The Labute approximate surface area is 150 Å². The van der Waals surface area contributed by atoms with Crippen LogP contribution in [0.5, 0.6) is 0 Å². The van der Waals surface area contributed by atoms with Crippen LogP contribution in [0.15, 0.2) is 42.7 Å². The number of pyridine rings is 1. The fraction of sp³-hybridized carbons (Fsp3) is 0.143. The highest BCUT2D eigenvalue weighted by Crippen LogP contribution is 2.27. The minimum absolute atomic E-state index is 0.0466. The fourth-order valence-corrected chi connectivity index (χ4v) is 3.66. The van der Waals surface area contributed by atoms with Crippen LogP contribution in [0.25, 0.3) is 0 Å². The molecule has 24 heavy (non-hydrogen) atoms. The second kappa shape index (κ2) is 7.73. The lowest BCUT2D eigenvalue weighted by Gasteiger charge is -2.20. The Morgan fingerprint density at radius 2 is 2.08 bits per heavy atom. The second-order valence-corrected chi connectivity index (χ2v) is 7.03. The maximum atomic E-state index is 12.3. The highest BCUT2D eigenvalue weighted by molar-refractivity contribution is 7.99. The van der Waals surface area contributed by atoms with Crippen LogP contribution >= 0.6 is 24.2 Å². The molecule has 0 fully saturated rings. The number of nitrogens with zero attached hydrogens (tertiary/aromatic N) is 2. The predicted octanol–water partition coefficient (Wildman–Crippen LogP) is 3.51. The summed E-state index contributed by atoms with van der Waals surface area (Å²) in [6, 6.07) is 8.54. The van der Waals surface area contributed by atoms with Crippen molar-refractivity contribution < 1.29 is 13.2 Å². The molecule has 10 heteroatoms. The van der Waals surface area contributed by atoms with E-state index in [0.29, 0.717) is 20.7 Å². The van der Waals surface area contributed by atoms with Gasteiger partial charge in [-0.25, -0.2) is 4.31 Å². The van der Waals surface area contributed by atoms with Crippen LogP contribution in [0.3, 0.4) is 0 Å². The number of hydrogen-bond acceptors (Lipinski definition) is 5. The smallest absolute Gasteiger partial charge is 0.326 e. The van der Waals surface area contributed by atoms with Gasteiger partial charge in [0.2, 0.25) is 0 Å². The number of halogens is 1. The summed E-state index contributed by atoms with van der Waals surface area (Å²) in [5, 5.41) is 2.71. The molecule has 0 radical (unpaired) electrons. The lowest BCUT2D eigenvalue weighted by Crippen LogP contribution is -2.37. The first-order valence-corrected chi connectivity index (χ1v) is 9.10. The molecule has 1 amide bonds. The summed E-state index contributed by atoms with van der Waals surface area (Å²) in [5.41, 5.74) is 1.32. The first-order chi connectivity index (χ1) is 11.3. The van der Waals surface area contributed by atoms with E-state index in [2.05, 4.69) is 27.7 Å². The third-order valence-corrected chi connectivity index (χ3v) is 5.05. The molecular formula is C14H15ClN4O3S2. The quantitative estimate of drug-likeness (QED) is 0.661. The molecule has 0 aliphatic rings. The molecule has 128 valence electrons. The summed E-state index contributed by atoms with van der Waals surface area (Å²) in [6.45, 7) is 1.48. The molecule has 0 saturated carbocycles. The van der Waals surface area contributed by atoms with Crippen LogP contribution in [0.4, 0.5) is 21.9 Å². The van der Waals surface area contributed by atoms with E-state index in [-0.39, 0.29) is 12.2 Å². The summed E-state index contributed by atoms with van der Waals surface area (Å²) in [4.78, 5) is 15.3. The van der Waals surface area contributed by atoms with Crippen molar-refractivity contribution in [2.45, 2.75) is 6.92 Å². The average Bonchev–Trinajstić information content (AvgIpc) is 2.49. The maximum Gasteiger partial charge on any atom is 0.326 e. The second-order valence-electron chi connectivity index (χ2n) is 4.61. The molecule has 7 nitrogen and oxygen atoms in total. The van der Waals surface area contributed by atoms with Gasteiger partial charge in [0.25, 0.3) is 5.24 Å². The minimum Gasteiger partial charge on any atom is -0.354 e. The van der Waals surface area contributed by atoms with Crippen LogP contribution in [0, 0.1) is 0 Å². The molecule has 0 atom stereocenters. The molecule has 2 N–H and O–H groups in total. The average molecular weight is 387 g/mol. The lowest BCUT2D eigenvalue weighted by molar-refractivity contribution is 0.247. The van der Waals surface area contributed by atoms with Crippen molar-refractivity contribution in [3.63, 3.8) is 0 Å². The third-order valence-electron chi connectivity index (χ3n) is 2.95. The maximum absolute atomic E-state index is 12.3. The summed E-state index contributed by atoms with van der Waals surface area (Å²) >= 11 is 9.51. The van der Waals surface area contributed by atoms with Gasteiger partial charge in [0.15, 0.2) is 0 Å². The SMILES string of the molecule is CCN(C(=O)S)S(=O)(=O)Nc1cnccc1Nc1cccc(Cl)c1. The summed E-state index contributed by atoms with van der Waals surface area (Å²) in [5.74, 6) is 0. The van der Waals surface area contributed by atoms with E-state index < -0.39 is 15.4 Å². The number of thiol groups is 1. The minimum atomic E-state index is -4.10. The van der Waals surface area contributed by atoms with Crippen LogP contribution in [-0.2, 0) is 10.2 Å². The van der Waals surface area contributed by atoms with E-state index >= 15 is 0 Å². The van der Waals surface area contributed by atoms with Gasteiger partial charge in [0, 0.05) is 23.5 Å². The van der Waals surface area contributed by atoms with E-state index in [1.54, 1.807) is 30.3 Å². The van der Waals surface area contributed by atoms with Gasteiger partial charge in [-0.15, -0.1) is 0 Å². The largest absolute Gasteiger partial charge is 0.354 e. The third kappa shape index (κ3) is 4.53. The van der Waals surface area contributed by atoms with Crippen molar-refractivity contribution >= 4 is 56.7 Å². The summed E-state index contributed by atoms with van der Waals surface area (Å²) < 4.78 is 27.5. The van der Waals surface area contributed by atoms with E-state index in [1.807, 2.05) is 0 Å². The number of aromatic nitrogens is 1. The Morgan fingerprint density at radius 3 is 2.71 bits per heavy atom. The summed E-state index contributed by atoms with van der Waals surface area (Å²) in [6.07, 6.45) is 2.84. The van der Waals surface area contributed by atoms with Crippen LogP contribution in [-0.4, -0.2) is 29.5 Å². The Morgan fingerprint density at radius 1 is 1.33 bits per heavy atom. The van der Waals surface area contributed by atoms with Crippen molar-refractivity contribution in [3.8, 4) is 0 Å². The van der Waals surface area contributed by atoms with Crippen molar-refractivity contribution in [2.24, 2.45) is 0 Å². The van der Waals surface area contributed by atoms with E-state index in [1.165, 1.54) is 19.3 Å². The molecule has 0 aliphatic heterocycles. The van der Waals surface area contributed by atoms with Gasteiger partial charge in [-0.05, 0) is 31.2 Å². The van der Waals surface area contributed by atoms with Gasteiger partial charge in [0.1, 0.15) is 0 Å². The van der Waals surface area contributed by atoms with Gasteiger partial charge >= 0.3 is 10.2 Å². The molecule has 0 bridgehead atoms. The highest BCUT2D eigenvalue weighted by Gasteiger charge is 2.24. The molecule has 1 heterocycles. The molecule has 0 saturated heterocycles. The van der Waals surface area contributed by atoms with Gasteiger partial charge < -0.3 is 5.32 Å². The number of benzene rings is 1. The molecular weight excluding hydrogens is 372 g/mol. The first-order valence-electron chi connectivity index (χ1n) is 6.83. The number of rotatable bonds is 6. The van der Waals surface area contributed by atoms with Gasteiger partial charge in [-0.3, -0.25) is 14.5 Å². The number of carbonyl (C=O) groups is 1. The zero-order chi connectivity index (χ0) is 17.7. The Hall–Kier alpha value is -1.97. The Kier molecular flexibility index (Phi) is 5.92. The summed E-state index contributed by atoms with van der Waals surface area (Å²) in [7, 11) is -4.10. The zero-order valence-corrected chi connectivity index (χ0v) is 15.1. The van der Waals surface area contributed by atoms with Crippen molar-refractivity contribution in [2.75, 3.05) is 16.6 Å². The molecule has 2 aromatic rings. The molecule has 0 aliphatic carbocycles. The van der Waals surface area contributed by atoms with Gasteiger partial charge in [-0.2, -0.15) is 8.42 Å². The van der Waals surface area contributed by atoms with Gasteiger partial charge in [-0.1, -0.05) is 30.3 Å². The molecule has 1 aromatic carbocycles. The van der Waals surface area contributed by atoms with Crippen molar-refractivity contribution in [1.82, 2.24) is 9.29 Å². The Balaban J connectivity index is 2.30. The van der Waals surface area contributed by atoms with E-state index in [0.717, 1.165) is 0 Å². The number of anilines is 3. The lowest BCUT2D eigenvalue weighted by atomic mass is 10.3. The predicted molar refractivity (Wildman–Crippen MR) is 98.3 cm³/mol. The number of amides is 1. The monoisotopic (exact) mass is 386 g/mol. The number of hydrogen-bond donors (Lipinski definition) is 3. The normalized spacial score (nSPS) is 11.0. The standard InChI is InChI=1S/C14H15ClN4O3S2/c1-2-19(14(20)23)24(21,22)18-13-9-16-7-6-12(13)17-11-5-3-4-10(15)8-11/h3-9,18H,2H2,1H3,(H,16,17)(H,20,23). The topological polar surface area (TPSA) is 91.4 Å². The van der Waals surface area contributed by atoms with Crippen LogP contribution < -0.4 is 10.0 Å². The number of carbonyl (C=O) groups excluding carboxylic acids is 1. The highest BCUT2D eigenvalue weighted by atomic mass is 35.5. The molecule has 0 unspecified atom stereocenters. The van der Waals surface area contributed by atoms with Gasteiger partial charge in [0.05, 0.1) is 17.6 Å². The fourth-order valence-electron chi connectivity index (χ4n) is 1.91. The Bertz CT molecular complexity index is 845. The van der Waals surface area contributed by atoms with E-state index in [9.17, 15) is 13.2 Å². The van der Waals surface area contributed by atoms with Crippen LogP contribution in [0.1, 0.15) is 6.92 Å². The van der Waals surface area contributed by atoms with Crippen molar-refractivity contribution in [3.05, 3.63) is 47.7 Å².